The number of benzene rings is 1. The summed E-state index contributed by atoms with van der Waals surface area (Å²) in [5.41, 5.74) is 2.06. The van der Waals surface area contributed by atoms with Crippen LogP contribution in [-0.2, 0) is 0 Å². The summed E-state index contributed by atoms with van der Waals surface area (Å²) in [6.45, 7) is 1.89. The second-order valence-electron chi connectivity index (χ2n) is 5.16. The molecule has 1 aromatic carbocycles. The van der Waals surface area contributed by atoms with Crippen LogP contribution in [0.3, 0.4) is 0 Å². The molecule has 0 amide bonds. The molecular formula is C15H14BrN5O3. The van der Waals surface area contributed by atoms with Crippen molar-refractivity contribution in [2.45, 2.75) is 13.0 Å². The zero-order valence-electron chi connectivity index (χ0n) is 12.9. The van der Waals surface area contributed by atoms with Gasteiger partial charge in [0.1, 0.15) is 0 Å². The van der Waals surface area contributed by atoms with Gasteiger partial charge in [-0.1, -0.05) is 6.07 Å². The lowest BCUT2D eigenvalue weighted by Gasteiger charge is -2.14. The van der Waals surface area contributed by atoms with Crippen LogP contribution < -0.4 is 10.1 Å². The van der Waals surface area contributed by atoms with Gasteiger partial charge in [-0.15, -0.1) is 0 Å². The van der Waals surface area contributed by atoms with Gasteiger partial charge in [-0.2, -0.15) is 4.98 Å². The Morgan fingerprint density at radius 3 is 2.92 bits per heavy atom. The van der Waals surface area contributed by atoms with E-state index in [-0.39, 0.29) is 17.5 Å². The van der Waals surface area contributed by atoms with E-state index in [0.29, 0.717) is 11.6 Å². The lowest BCUT2D eigenvalue weighted by atomic mass is 10.1. The number of nitro groups is 1. The smallest absolute Gasteiger partial charge is 0.311 e. The van der Waals surface area contributed by atoms with Crippen molar-refractivity contribution in [3.05, 3.63) is 50.6 Å². The largest absolute Gasteiger partial charge is 0.490 e. The Labute approximate surface area is 145 Å². The normalized spacial score (nSPS) is 12.1. The van der Waals surface area contributed by atoms with E-state index < -0.39 is 4.92 Å². The van der Waals surface area contributed by atoms with Gasteiger partial charge in [0.15, 0.2) is 11.4 Å². The summed E-state index contributed by atoms with van der Waals surface area (Å²) in [4.78, 5) is 22.4. The number of hydrogen-bond donors (Lipinski definition) is 2. The Bertz CT molecular complexity index is 911. The number of aromatic nitrogens is 3. The molecule has 2 aromatic heterocycles. The molecule has 0 unspecified atom stereocenters. The summed E-state index contributed by atoms with van der Waals surface area (Å²) in [6, 6.07) is 6.54. The van der Waals surface area contributed by atoms with Crippen molar-refractivity contribution in [2.75, 3.05) is 12.4 Å². The average molecular weight is 392 g/mol. The first-order valence-corrected chi connectivity index (χ1v) is 7.87. The van der Waals surface area contributed by atoms with Gasteiger partial charge >= 0.3 is 5.69 Å². The third-order valence-electron chi connectivity index (χ3n) is 3.56. The number of H-pyrrole nitrogens is 1. The number of anilines is 1. The molecule has 2 heterocycles. The van der Waals surface area contributed by atoms with Gasteiger partial charge in [-0.05, 0) is 40.5 Å². The van der Waals surface area contributed by atoms with Gasteiger partial charge in [-0.25, -0.2) is 4.98 Å². The highest BCUT2D eigenvalue weighted by atomic mass is 79.9. The molecule has 0 radical (unpaired) electrons. The summed E-state index contributed by atoms with van der Waals surface area (Å²) in [5.74, 6) is 0.773. The zero-order chi connectivity index (χ0) is 17.3. The molecule has 24 heavy (non-hydrogen) atoms. The fourth-order valence-electron chi connectivity index (χ4n) is 2.35. The first kappa shape index (κ1) is 16.2. The molecule has 0 aliphatic heterocycles. The minimum atomic E-state index is -0.461. The maximum Gasteiger partial charge on any atom is 0.311 e. The Balaban J connectivity index is 1.86. The number of imidazole rings is 1. The van der Waals surface area contributed by atoms with Gasteiger partial charge < -0.3 is 15.0 Å². The van der Waals surface area contributed by atoms with Crippen LogP contribution in [0.15, 0.2) is 34.9 Å². The van der Waals surface area contributed by atoms with E-state index in [2.05, 4.69) is 36.2 Å². The number of methoxy groups -OCH3 is 1. The van der Waals surface area contributed by atoms with Crippen LogP contribution in [0.4, 0.5) is 11.6 Å². The third-order valence-corrected chi connectivity index (χ3v) is 3.99. The summed E-state index contributed by atoms with van der Waals surface area (Å²) >= 11 is 3.36. The molecule has 0 aliphatic rings. The molecule has 9 heteroatoms. The van der Waals surface area contributed by atoms with Crippen molar-refractivity contribution in [1.29, 1.82) is 0 Å². The van der Waals surface area contributed by atoms with Crippen molar-refractivity contribution in [1.82, 2.24) is 15.0 Å². The fraction of sp³-hybridized carbons (Fsp3) is 0.200. The summed E-state index contributed by atoms with van der Waals surface area (Å²) in [5, 5.41) is 14.3. The lowest BCUT2D eigenvalue weighted by Crippen LogP contribution is -2.08. The molecule has 124 valence electrons. The summed E-state index contributed by atoms with van der Waals surface area (Å²) < 4.78 is 5.87. The molecule has 0 aliphatic carbocycles. The number of hydrogen-bond acceptors (Lipinski definition) is 6. The van der Waals surface area contributed by atoms with Gasteiger partial charge in [-0.3, -0.25) is 10.1 Å². The topological polar surface area (TPSA) is 106 Å². The predicted octanol–water partition coefficient (Wildman–Crippen LogP) is 3.81. The van der Waals surface area contributed by atoms with Crippen molar-refractivity contribution in [3.8, 4) is 5.75 Å². The molecular weight excluding hydrogens is 378 g/mol. The number of fused-ring (bicyclic) bond motifs is 1. The zero-order valence-corrected chi connectivity index (χ0v) is 14.5. The first-order valence-electron chi connectivity index (χ1n) is 7.08. The van der Waals surface area contributed by atoms with E-state index in [9.17, 15) is 10.1 Å². The Morgan fingerprint density at radius 2 is 2.21 bits per heavy atom. The second kappa shape index (κ2) is 6.44. The van der Waals surface area contributed by atoms with E-state index >= 15 is 0 Å². The van der Waals surface area contributed by atoms with Crippen LogP contribution in [0.1, 0.15) is 18.5 Å². The molecule has 3 rings (SSSR count). The maximum atomic E-state index is 11.1. The Kier molecular flexibility index (Phi) is 4.34. The average Bonchev–Trinajstić information content (AvgIpc) is 2.95. The standard InChI is InChI=1S/C15H14BrN5O3/c1-8(9-3-4-13(24-2)12(5-9)21(22)23)18-15-19-11-6-10(16)7-17-14(11)20-15/h3-8H,1-2H3,(H2,17,18,19,20)/t8-/m0/s1. The molecule has 0 saturated heterocycles. The molecule has 0 spiro atoms. The van der Waals surface area contributed by atoms with Gasteiger partial charge in [0.2, 0.25) is 5.95 Å². The van der Waals surface area contributed by atoms with Crippen molar-refractivity contribution in [3.63, 3.8) is 0 Å². The molecule has 2 N–H and O–H groups in total. The molecule has 0 bridgehead atoms. The van der Waals surface area contributed by atoms with Crippen molar-refractivity contribution < 1.29 is 9.66 Å². The van der Waals surface area contributed by atoms with E-state index in [1.54, 1.807) is 18.3 Å². The lowest BCUT2D eigenvalue weighted by molar-refractivity contribution is -0.385. The van der Waals surface area contributed by atoms with Crippen LogP contribution in [0.25, 0.3) is 11.2 Å². The molecule has 0 saturated carbocycles. The summed E-state index contributed by atoms with van der Waals surface area (Å²) in [6.07, 6.45) is 1.67. The minimum Gasteiger partial charge on any atom is -0.490 e. The van der Waals surface area contributed by atoms with Gasteiger partial charge in [0.25, 0.3) is 0 Å². The van der Waals surface area contributed by atoms with Crippen LogP contribution in [0.5, 0.6) is 5.75 Å². The second-order valence-corrected chi connectivity index (χ2v) is 6.08. The van der Waals surface area contributed by atoms with Gasteiger partial charge in [0.05, 0.1) is 23.6 Å². The number of nitrogens with zero attached hydrogens (tertiary/aromatic N) is 3. The van der Waals surface area contributed by atoms with Crippen molar-refractivity contribution in [2.24, 2.45) is 0 Å². The van der Waals surface area contributed by atoms with E-state index in [4.69, 9.17) is 4.74 Å². The van der Waals surface area contributed by atoms with E-state index in [1.807, 2.05) is 13.0 Å². The van der Waals surface area contributed by atoms with Crippen molar-refractivity contribution >= 4 is 38.7 Å². The molecule has 1 atom stereocenters. The van der Waals surface area contributed by atoms with Gasteiger partial charge in [0, 0.05) is 16.7 Å². The monoisotopic (exact) mass is 391 g/mol. The molecule has 8 nitrogen and oxygen atoms in total. The van der Waals surface area contributed by atoms with Crippen LogP contribution in [0, 0.1) is 10.1 Å². The minimum absolute atomic E-state index is 0.0705. The van der Waals surface area contributed by atoms with E-state index in [1.165, 1.54) is 13.2 Å². The number of ether oxygens (including phenoxy) is 1. The molecule has 3 aromatic rings. The Morgan fingerprint density at radius 1 is 1.42 bits per heavy atom. The number of pyridine rings is 1. The maximum absolute atomic E-state index is 11.1. The van der Waals surface area contributed by atoms with Crippen LogP contribution in [-0.4, -0.2) is 27.0 Å². The number of nitrogens with one attached hydrogen (secondary N) is 2. The van der Waals surface area contributed by atoms with Crippen LogP contribution >= 0.6 is 15.9 Å². The Hall–Kier alpha value is -2.68. The fourth-order valence-corrected chi connectivity index (χ4v) is 2.68. The number of halogens is 1. The molecule has 0 fully saturated rings. The highest BCUT2D eigenvalue weighted by Crippen LogP contribution is 2.30. The highest BCUT2D eigenvalue weighted by molar-refractivity contribution is 9.10. The first-order chi connectivity index (χ1) is 11.5. The number of nitro benzene ring substituents is 1. The van der Waals surface area contributed by atoms with E-state index in [0.717, 1.165) is 15.6 Å². The van der Waals surface area contributed by atoms with Crippen LogP contribution in [0.2, 0.25) is 0 Å². The number of aromatic amines is 1. The summed E-state index contributed by atoms with van der Waals surface area (Å²) in [7, 11) is 1.41. The predicted molar refractivity (Wildman–Crippen MR) is 93.3 cm³/mol. The quantitative estimate of drug-likeness (QED) is 0.505. The third kappa shape index (κ3) is 3.16. The SMILES string of the molecule is COc1ccc([C@H](C)Nc2nc3ncc(Br)cc3[nH]2)cc1[N+](=O)[O-]. The number of rotatable bonds is 5. The highest BCUT2D eigenvalue weighted by Gasteiger charge is 2.18.